The third kappa shape index (κ3) is 4.55. The van der Waals surface area contributed by atoms with E-state index in [-0.39, 0.29) is 11.7 Å². The summed E-state index contributed by atoms with van der Waals surface area (Å²) in [5.41, 5.74) is 3.35. The molecule has 0 aliphatic carbocycles. The number of hydrogen-bond donors (Lipinski definition) is 2. The highest BCUT2D eigenvalue weighted by molar-refractivity contribution is 7.99. The third-order valence-electron chi connectivity index (χ3n) is 3.60. The van der Waals surface area contributed by atoms with Gasteiger partial charge < -0.3 is 15.0 Å². The summed E-state index contributed by atoms with van der Waals surface area (Å²) in [6.45, 7) is 2.55. The van der Waals surface area contributed by atoms with Crippen molar-refractivity contribution in [2.24, 2.45) is 0 Å². The standard InChI is InChI=1S/C19H18N4O2S/c1-2-25-15-7-8-16-17(11-15)23-19(22-16)26-12-18(24)21-14-5-3-13(4-6-14)9-10-20/h3-8,11H,2,9,12H2,1H3,(H,21,24)(H,22,23). The first kappa shape index (κ1) is 17.8. The molecule has 0 atom stereocenters. The van der Waals surface area contributed by atoms with Crippen molar-refractivity contribution in [1.82, 2.24) is 9.97 Å². The molecule has 7 heteroatoms. The van der Waals surface area contributed by atoms with Crippen molar-refractivity contribution in [3.8, 4) is 11.8 Å². The second-order valence-electron chi connectivity index (χ2n) is 5.52. The number of fused-ring (bicyclic) bond motifs is 1. The van der Waals surface area contributed by atoms with Crippen LogP contribution in [0, 0.1) is 11.3 Å². The molecule has 0 saturated carbocycles. The first-order valence-electron chi connectivity index (χ1n) is 8.19. The summed E-state index contributed by atoms with van der Waals surface area (Å²) in [6, 6.07) is 15.0. The number of nitrogens with zero attached hydrogens (tertiary/aromatic N) is 2. The van der Waals surface area contributed by atoms with Crippen LogP contribution in [0.4, 0.5) is 5.69 Å². The van der Waals surface area contributed by atoms with Gasteiger partial charge in [0.15, 0.2) is 5.16 Å². The van der Waals surface area contributed by atoms with Crippen LogP contribution in [0.2, 0.25) is 0 Å². The lowest BCUT2D eigenvalue weighted by Crippen LogP contribution is -2.14. The van der Waals surface area contributed by atoms with E-state index in [9.17, 15) is 4.79 Å². The zero-order chi connectivity index (χ0) is 18.4. The van der Waals surface area contributed by atoms with Gasteiger partial charge in [-0.3, -0.25) is 4.79 Å². The van der Waals surface area contributed by atoms with Gasteiger partial charge in [0.05, 0.1) is 35.9 Å². The van der Waals surface area contributed by atoms with Crippen molar-refractivity contribution in [3.05, 3.63) is 48.0 Å². The number of amides is 1. The van der Waals surface area contributed by atoms with Crippen LogP contribution in [0.3, 0.4) is 0 Å². The van der Waals surface area contributed by atoms with Crippen molar-refractivity contribution < 1.29 is 9.53 Å². The monoisotopic (exact) mass is 366 g/mol. The number of rotatable bonds is 7. The lowest BCUT2D eigenvalue weighted by atomic mass is 10.1. The van der Waals surface area contributed by atoms with E-state index in [2.05, 4.69) is 21.4 Å². The fourth-order valence-electron chi connectivity index (χ4n) is 2.42. The number of nitriles is 1. The minimum Gasteiger partial charge on any atom is -0.494 e. The molecule has 132 valence electrons. The van der Waals surface area contributed by atoms with Crippen molar-refractivity contribution >= 4 is 34.4 Å². The van der Waals surface area contributed by atoms with E-state index in [1.54, 1.807) is 12.1 Å². The maximum absolute atomic E-state index is 12.1. The Morgan fingerprint density at radius 3 is 2.85 bits per heavy atom. The van der Waals surface area contributed by atoms with Crippen LogP contribution >= 0.6 is 11.8 Å². The number of anilines is 1. The number of benzene rings is 2. The maximum Gasteiger partial charge on any atom is 0.234 e. The van der Waals surface area contributed by atoms with Gasteiger partial charge >= 0.3 is 0 Å². The number of hydrogen-bond acceptors (Lipinski definition) is 5. The van der Waals surface area contributed by atoms with Crippen LogP contribution in [-0.2, 0) is 11.2 Å². The summed E-state index contributed by atoms with van der Waals surface area (Å²) in [6.07, 6.45) is 0.362. The number of ether oxygens (including phenoxy) is 1. The molecule has 26 heavy (non-hydrogen) atoms. The van der Waals surface area contributed by atoms with Crippen LogP contribution < -0.4 is 10.1 Å². The molecule has 0 saturated heterocycles. The molecule has 3 aromatic rings. The van der Waals surface area contributed by atoms with E-state index in [1.807, 2.05) is 37.3 Å². The highest BCUT2D eigenvalue weighted by Gasteiger charge is 2.08. The van der Waals surface area contributed by atoms with Crippen molar-refractivity contribution in [2.75, 3.05) is 17.7 Å². The van der Waals surface area contributed by atoms with Crippen LogP contribution in [0.1, 0.15) is 12.5 Å². The van der Waals surface area contributed by atoms with Crippen LogP contribution in [-0.4, -0.2) is 28.2 Å². The summed E-state index contributed by atoms with van der Waals surface area (Å²) in [5, 5.41) is 12.2. The summed E-state index contributed by atoms with van der Waals surface area (Å²) in [7, 11) is 0. The summed E-state index contributed by atoms with van der Waals surface area (Å²) in [4.78, 5) is 19.8. The lowest BCUT2D eigenvalue weighted by molar-refractivity contribution is -0.113. The fourth-order valence-corrected chi connectivity index (χ4v) is 3.10. The van der Waals surface area contributed by atoms with Gasteiger partial charge in [0.25, 0.3) is 0 Å². The second kappa shape index (κ2) is 8.41. The number of nitrogens with one attached hydrogen (secondary N) is 2. The molecule has 6 nitrogen and oxygen atoms in total. The average Bonchev–Trinajstić information content (AvgIpc) is 3.04. The fraction of sp³-hybridized carbons (Fsp3) is 0.211. The Hall–Kier alpha value is -2.98. The molecule has 1 amide bonds. The number of H-pyrrole nitrogens is 1. The van der Waals surface area contributed by atoms with Gasteiger partial charge in [-0.2, -0.15) is 5.26 Å². The topological polar surface area (TPSA) is 90.8 Å². The van der Waals surface area contributed by atoms with E-state index in [0.717, 1.165) is 22.3 Å². The number of imidazole rings is 1. The number of carbonyl (C=O) groups excluding carboxylic acids is 1. The van der Waals surface area contributed by atoms with E-state index in [0.29, 0.717) is 23.9 Å². The van der Waals surface area contributed by atoms with Crippen LogP contribution in [0.5, 0.6) is 5.75 Å². The van der Waals surface area contributed by atoms with Crippen molar-refractivity contribution in [3.63, 3.8) is 0 Å². The zero-order valence-corrected chi connectivity index (χ0v) is 15.1. The third-order valence-corrected chi connectivity index (χ3v) is 4.48. The lowest BCUT2D eigenvalue weighted by Gasteiger charge is -2.04. The number of thioether (sulfide) groups is 1. The van der Waals surface area contributed by atoms with E-state index in [4.69, 9.17) is 10.00 Å². The average molecular weight is 366 g/mol. The van der Waals surface area contributed by atoms with Gasteiger partial charge in [-0.15, -0.1) is 0 Å². The van der Waals surface area contributed by atoms with Crippen molar-refractivity contribution in [2.45, 2.75) is 18.5 Å². The van der Waals surface area contributed by atoms with Gasteiger partial charge in [0.2, 0.25) is 5.91 Å². The largest absolute Gasteiger partial charge is 0.494 e. The SMILES string of the molecule is CCOc1ccc2nc(SCC(=O)Nc3ccc(CC#N)cc3)[nH]c2c1. The van der Waals surface area contributed by atoms with Gasteiger partial charge in [-0.05, 0) is 36.8 Å². The molecule has 0 aliphatic rings. The summed E-state index contributed by atoms with van der Waals surface area (Å²) in [5.74, 6) is 0.925. The number of aromatic nitrogens is 2. The molecule has 2 aromatic carbocycles. The number of aromatic amines is 1. The minimum absolute atomic E-state index is 0.113. The Labute approximate surface area is 155 Å². The molecule has 0 fully saturated rings. The van der Waals surface area contributed by atoms with Gasteiger partial charge in [0.1, 0.15) is 5.75 Å². The Morgan fingerprint density at radius 1 is 1.31 bits per heavy atom. The molecule has 0 bridgehead atoms. The van der Waals surface area contributed by atoms with Gasteiger partial charge in [0, 0.05) is 11.8 Å². The molecule has 2 N–H and O–H groups in total. The Morgan fingerprint density at radius 2 is 2.12 bits per heavy atom. The predicted octanol–water partition coefficient (Wildman–Crippen LogP) is 3.76. The molecule has 1 heterocycles. The number of carbonyl (C=O) groups is 1. The molecular formula is C19H18N4O2S. The molecule has 0 radical (unpaired) electrons. The van der Waals surface area contributed by atoms with Crippen LogP contribution in [0.25, 0.3) is 11.0 Å². The minimum atomic E-state index is -0.113. The maximum atomic E-state index is 12.1. The Balaban J connectivity index is 1.57. The quantitative estimate of drug-likeness (QED) is 0.621. The first-order chi connectivity index (χ1) is 12.7. The highest BCUT2D eigenvalue weighted by atomic mass is 32.2. The smallest absolute Gasteiger partial charge is 0.234 e. The molecular weight excluding hydrogens is 348 g/mol. The molecule has 1 aromatic heterocycles. The molecule has 0 aliphatic heterocycles. The molecule has 0 unspecified atom stereocenters. The predicted molar refractivity (Wildman–Crippen MR) is 102 cm³/mol. The van der Waals surface area contributed by atoms with E-state index < -0.39 is 0 Å². The first-order valence-corrected chi connectivity index (χ1v) is 9.17. The van der Waals surface area contributed by atoms with E-state index >= 15 is 0 Å². The Kier molecular flexibility index (Phi) is 5.77. The van der Waals surface area contributed by atoms with E-state index in [1.165, 1.54) is 11.8 Å². The van der Waals surface area contributed by atoms with Gasteiger partial charge in [-0.25, -0.2) is 4.98 Å². The normalized spacial score (nSPS) is 10.5. The van der Waals surface area contributed by atoms with Crippen molar-refractivity contribution in [1.29, 1.82) is 5.26 Å². The molecule has 3 rings (SSSR count). The Bertz CT molecular complexity index is 944. The van der Waals surface area contributed by atoms with Crippen LogP contribution in [0.15, 0.2) is 47.6 Å². The summed E-state index contributed by atoms with van der Waals surface area (Å²) < 4.78 is 5.47. The second-order valence-corrected chi connectivity index (χ2v) is 6.49. The summed E-state index contributed by atoms with van der Waals surface area (Å²) >= 11 is 1.34. The highest BCUT2D eigenvalue weighted by Crippen LogP contribution is 2.23. The molecule has 0 spiro atoms. The zero-order valence-electron chi connectivity index (χ0n) is 14.3. The van der Waals surface area contributed by atoms with Gasteiger partial charge in [-0.1, -0.05) is 23.9 Å².